The van der Waals surface area contributed by atoms with Crippen molar-refractivity contribution in [2.75, 3.05) is 31.1 Å². The number of amides is 1. The zero-order valence-corrected chi connectivity index (χ0v) is 23.5. The number of hydrogen-bond acceptors (Lipinski definition) is 8. The van der Waals surface area contributed by atoms with Crippen molar-refractivity contribution in [1.82, 2.24) is 19.9 Å². The first kappa shape index (κ1) is 28.7. The highest BCUT2D eigenvalue weighted by Gasteiger charge is 2.34. The number of aromatic nitrogens is 3. The number of piperidine rings is 1. The molecule has 41 heavy (non-hydrogen) atoms. The average molecular weight is 567 g/mol. The molecule has 0 aliphatic carbocycles. The first-order chi connectivity index (χ1) is 19.7. The molecular weight excluding hydrogens is 530 g/mol. The fourth-order valence-electron chi connectivity index (χ4n) is 5.49. The van der Waals surface area contributed by atoms with E-state index in [9.17, 15) is 13.6 Å². The molecule has 4 heterocycles. The smallest absolute Gasteiger partial charge is 0.410 e. The third-order valence-electron chi connectivity index (χ3n) is 7.82. The Labute approximate surface area is 238 Å². The van der Waals surface area contributed by atoms with Crippen molar-refractivity contribution in [3.05, 3.63) is 66.1 Å². The van der Waals surface area contributed by atoms with E-state index in [0.717, 1.165) is 36.1 Å². The van der Waals surface area contributed by atoms with Crippen LogP contribution in [-0.2, 0) is 4.74 Å². The highest BCUT2D eigenvalue weighted by atomic mass is 19.1. The van der Waals surface area contributed by atoms with Crippen LogP contribution in [0.4, 0.5) is 19.5 Å². The zero-order valence-electron chi connectivity index (χ0n) is 23.5. The third kappa shape index (κ3) is 6.73. The number of halogens is 2. The van der Waals surface area contributed by atoms with E-state index in [0.29, 0.717) is 43.9 Å². The van der Waals surface area contributed by atoms with Gasteiger partial charge in [0.25, 0.3) is 0 Å². The second kappa shape index (κ2) is 12.3. The Balaban J connectivity index is 1.15. The van der Waals surface area contributed by atoms with E-state index < -0.39 is 11.6 Å². The zero-order chi connectivity index (χ0) is 29.1. The van der Waals surface area contributed by atoms with Gasteiger partial charge in [0.05, 0.1) is 6.10 Å². The Kier molecular flexibility index (Phi) is 8.63. The first-order valence-electron chi connectivity index (χ1n) is 14.0. The largest absolute Gasteiger partial charge is 0.474 e. The third-order valence-corrected chi connectivity index (χ3v) is 7.82. The topological polar surface area (TPSA) is 107 Å². The van der Waals surface area contributed by atoms with Gasteiger partial charge in [0.2, 0.25) is 11.8 Å². The molecule has 0 spiro atoms. The van der Waals surface area contributed by atoms with Gasteiger partial charge in [-0.1, -0.05) is 0 Å². The molecule has 2 aromatic heterocycles. The number of pyridine rings is 1. The number of hydrogen-bond donors (Lipinski definition) is 1. The molecule has 1 amide bonds. The molecule has 11 heteroatoms. The summed E-state index contributed by atoms with van der Waals surface area (Å²) >= 11 is 0. The predicted octanol–water partition coefficient (Wildman–Crippen LogP) is 4.77. The minimum atomic E-state index is -0.488. The Hall–Kier alpha value is -3.86. The molecule has 3 atom stereocenters. The Morgan fingerprint density at radius 3 is 2.34 bits per heavy atom. The summed E-state index contributed by atoms with van der Waals surface area (Å²) in [6.45, 7) is 7.87. The van der Waals surface area contributed by atoms with E-state index in [1.54, 1.807) is 23.5 Å². The number of rotatable bonds is 7. The van der Waals surface area contributed by atoms with Crippen LogP contribution >= 0.6 is 0 Å². The second-order valence-electron chi connectivity index (χ2n) is 11.1. The van der Waals surface area contributed by atoms with Crippen LogP contribution < -0.4 is 15.4 Å². The summed E-state index contributed by atoms with van der Waals surface area (Å²) in [5.41, 5.74) is 8.18. The van der Waals surface area contributed by atoms with Crippen molar-refractivity contribution in [3.63, 3.8) is 0 Å². The van der Waals surface area contributed by atoms with Crippen LogP contribution in [-0.4, -0.2) is 70.4 Å². The van der Waals surface area contributed by atoms with E-state index in [4.69, 9.17) is 15.2 Å². The average Bonchev–Trinajstić information content (AvgIpc) is 3.35. The summed E-state index contributed by atoms with van der Waals surface area (Å²) in [6.07, 6.45) is 6.40. The molecule has 2 aliphatic heterocycles. The number of nitrogens with zero attached hydrogens (tertiary/aromatic N) is 5. The lowest BCUT2D eigenvalue weighted by molar-refractivity contribution is 0.0486. The molecule has 0 unspecified atom stereocenters. The summed E-state index contributed by atoms with van der Waals surface area (Å²) in [6, 6.07) is 6.81. The molecule has 2 fully saturated rings. The van der Waals surface area contributed by atoms with Gasteiger partial charge < -0.3 is 25.0 Å². The normalized spacial score (nSPS) is 20.4. The molecule has 1 aromatic carbocycles. The maximum absolute atomic E-state index is 14.3. The number of nitrogens with two attached hydrogens (primary N) is 1. The van der Waals surface area contributed by atoms with Gasteiger partial charge in [-0.2, -0.15) is 0 Å². The molecule has 218 valence electrons. The molecule has 5 rings (SSSR count). The first-order valence-corrected chi connectivity index (χ1v) is 14.0. The molecule has 2 N–H and O–H groups in total. The van der Waals surface area contributed by atoms with Crippen molar-refractivity contribution in [1.29, 1.82) is 0 Å². The molecule has 0 saturated carbocycles. The summed E-state index contributed by atoms with van der Waals surface area (Å²) < 4.78 is 39.5. The molecule has 0 bridgehead atoms. The summed E-state index contributed by atoms with van der Waals surface area (Å²) in [4.78, 5) is 29.3. The van der Waals surface area contributed by atoms with E-state index in [2.05, 4.69) is 15.0 Å². The van der Waals surface area contributed by atoms with Gasteiger partial charge in [-0.05, 0) is 69.4 Å². The van der Waals surface area contributed by atoms with E-state index >= 15 is 0 Å². The fourth-order valence-corrected chi connectivity index (χ4v) is 5.49. The monoisotopic (exact) mass is 566 g/mol. The fraction of sp³-hybridized carbons (Fsp3) is 0.467. The van der Waals surface area contributed by atoms with Crippen molar-refractivity contribution < 1.29 is 23.0 Å². The highest BCUT2D eigenvalue weighted by molar-refractivity contribution is 5.67. The van der Waals surface area contributed by atoms with Gasteiger partial charge in [-0.25, -0.2) is 28.5 Å². The second-order valence-corrected chi connectivity index (χ2v) is 11.1. The number of ether oxygens (including phenoxy) is 2. The van der Waals surface area contributed by atoms with Crippen LogP contribution in [0.3, 0.4) is 0 Å². The Morgan fingerprint density at radius 2 is 1.68 bits per heavy atom. The quantitative estimate of drug-likeness (QED) is 0.436. The number of carbonyl (C=O) groups excluding carboxylic acids is 1. The summed E-state index contributed by atoms with van der Waals surface area (Å²) in [7, 11) is 0. The van der Waals surface area contributed by atoms with Crippen LogP contribution in [0.25, 0.3) is 11.1 Å². The van der Waals surface area contributed by atoms with E-state index in [-0.39, 0.29) is 35.8 Å². The molecule has 9 nitrogen and oxygen atoms in total. The van der Waals surface area contributed by atoms with Crippen LogP contribution in [0.2, 0.25) is 0 Å². The van der Waals surface area contributed by atoms with Gasteiger partial charge in [-0.15, -0.1) is 0 Å². The molecule has 0 radical (unpaired) electrons. The van der Waals surface area contributed by atoms with Crippen LogP contribution in [0.15, 0.2) is 48.9 Å². The SMILES string of the molecule is CC(C)OC(=O)N1CCC([C@@H](C)Oc2ccc(-c3cnc(N4C[C@H](c5cc(F)ccc5F)[C@@H](N)C4)nc3)cn2)CC1. The van der Waals surface area contributed by atoms with E-state index in [1.807, 2.05) is 37.8 Å². The molecule has 2 saturated heterocycles. The molecule has 3 aromatic rings. The van der Waals surface area contributed by atoms with Gasteiger partial charge >= 0.3 is 6.09 Å². The number of likely N-dealkylation sites (tertiary alicyclic amines) is 1. The van der Waals surface area contributed by atoms with Crippen molar-refractivity contribution in [3.8, 4) is 17.0 Å². The van der Waals surface area contributed by atoms with Crippen LogP contribution in [0, 0.1) is 17.6 Å². The number of anilines is 1. The Morgan fingerprint density at radius 1 is 0.976 bits per heavy atom. The predicted molar refractivity (Wildman–Crippen MR) is 151 cm³/mol. The lowest BCUT2D eigenvalue weighted by Gasteiger charge is -2.34. The standard InChI is InChI=1S/C30H36F2N6O3/c1-18(2)40-30(39)37-10-8-20(9-11-37)19(3)41-28-7-4-21(13-34-28)22-14-35-29(36-15-22)38-16-25(27(33)17-38)24-12-23(31)5-6-26(24)32/h4-7,12-15,18-20,25,27H,8-11,16-17,33H2,1-3H3/t19-,25-,27+/m1/s1. The summed E-state index contributed by atoms with van der Waals surface area (Å²) in [5.74, 6) is 0.0146. The van der Waals surface area contributed by atoms with Crippen LogP contribution in [0.5, 0.6) is 5.88 Å². The minimum absolute atomic E-state index is 0.0456. The lowest BCUT2D eigenvalue weighted by Crippen LogP contribution is -2.42. The van der Waals surface area contributed by atoms with Crippen molar-refractivity contribution >= 4 is 12.0 Å². The number of carbonyl (C=O) groups is 1. The minimum Gasteiger partial charge on any atom is -0.474 e. The van der Waals surface area contributed by atoms with Crippen LogP contribution in [0.1, 0.15) is 45.1 Å². The molecular formula is C30H36F2N6O3. The van der Waals surface area contributed by atoms with Gasteiger partial charge in [0, 0.05) is 73.9 Å². The van der Waals surface area contributed by atoms with Gasteiger partial charge in [0.15, 0.2) is 0 Å². The van der Waals surface area contributed by atoms with E-state index in [1.165, 1.54) is 6.07 Å². The maximum atomic E-state index is 14.3. The highest BCUT2D eigenvalue weighted by Crippen LogP contribution is 2.31. The summed E-state index contributed by atoms with van der Waals surface area (Å²) in [5, 5.41) is 0. The van der Waals surface area contributed by atoms with Gasteiger partial charge in [-0.3, -0.25) is 0 Å². The maximum Gasteiger partial charge on any atom is 0.410 e. The Bertz CT molecular complexity index is 1330. The van der Waals surface area contributed by atoms with Crippen molar-refractivity contribution in [2.24, 2.45) is 11.7 Å². The van der Waals surface area contributed by atoms with Crippen molar-refractivity contribution in [2.45, 2.75) is 57.8 Å². The molecule has 2 aliphatic rings. The lowest BCUT2D eigenvalue weighted by atomic mass is 9.92. The van der Waals surface area contributed by atoms with Gasteiger partial charge in [0.1, 0.15) is 17.7 Å². The number of benzene rings is 1.